The summed E-state index contributed by atoms with van der Waals surface area (Å²) in [7, 11) is 0. The van der Waals surface area contributed by atoms with Crippen molar-refractivity contribution in [3.63, 3.8) is 0 Å². The van der Waals surface area contributed by atoms with Gasteiger partial charge in [0.25, 0.3) is 0 Å². The highest BCUT2D eigenvalue weighted by molar-refractivity contribution is 7.10. The van der Waals surface area contributed by atoms with Crippen molar-refractivity contribution in [2.75, 3.05) is 19.6 Å². The van der Waals surface area contributed by atoms with Crippen LogP contribution in [0.3, 0.4) is 0 Å². The zero-order valence-corrected chi connectivity index (χ0v) is 11.8. The molecule has 6 heteroatoms. The van der Waals surface area contributed by atoms with E-state index in [4.69, 9.17) is 5.11 Å². The smallest absolute Gasteiger partial charge is 0.323 e. The highest BCUT2D eigenvalue weighted by atomic mass is 32.1. The van der Waals surface area contributed by atoms with Crippen LogP contribution in [0.5, 0.6) is 0 Å². The first-order valence-electron chi connectivity index (χ1n) is 6.42. The monoisotopic (exact) mass is 282 g/mol. The second-order valence-corrected chi connectivity index (χ2v) is 5.64. The van der Waals surface area contributed by atoms with Crippen LogP contribution < -0.4 is 0 Å². The number of thiophene rings is 1. The lowest BCUT2D eigenvalue weighted by Crippen LogP contribution is -2.47. The summed E-state index contributed by atoms with van der Waals surface area (Å²) in [6, 6.07) is 1.88. The lowest BCUT2D eigenvalue weighted by Gasteiger charge is -2.32. The van der Waals surface area contributed by atoms with Crippen LogP contribution in [0.2, 0.25) is 0 Å². The molecule has 2 rings (SSSR count). The number of amides is 2. The normalized spacial score (nSPS) is 14.1. The van der Waals surface area contributed by atoms with Gasteiger partial charge in [0.05, 0.1) is 0 Å². The van der Waals surface area contributed by atoms with E-state index in [1.54, 1.807) is 16.2 Å². The Bertz CT molecular complexity index is 472. The number of hydrogen-bond donors (Lipinski definition) is 1. The summed E-state index contributed by atoms with van der Waals surface area (Å²) in [6.07, 6.45) is 1.63. The summed E-state index contributed by atoms with van der Waals surface area (Å²) in [5.74, 6) is -0.963. The van der Waals surface area contributed by atoms with E-state index in [1.807, 2.05) is 18.4 Å². The Morgan fingerprint density at radius 1 is 1.53 bits per heavy atom. The van der Waals surface area contributed by atoms with E-state index < -0.39 is 5.97 Å². The van der Waals surface area contributed by atoms with Crippen LogP contribution in [0.15, 0.2) is 11.4 Å². The average molecular weight is 282 g/mol. The number of urea groups is 1. The van der Waals surface area contributed by atoms with Crippen molar-refractivity contribution in [3.8, 4) is 0 Å². The zero-order chi connectivity index (χ0) is 13.8. The molecule has 0 bridgehead atoms. The van der Waals surface area contributed by atoms with Crippen molar-refractivity contribution in [3.05, 3.63) is 21.9 Å². The van der Waals surface area contributed by atoms with E-state index in [2.05, 4.69) is 0 Å². The molecular formula is C13H18N2O3S. The largest absolute Gasteiger partial charge is 0.480 e. The van der Waals surface area contributed by atoms with Crippen molar-refractivity contribution < 1.29 is 14.7 Å². The number of hydrogen-bond acceptors (Lipinski definition) is 3. The third kappa shape index (κ3) is 3.26. The molecule has 0 fully saturated rings. The predicted molar refractivity (Wildman–Crippen MR) is 73.3 cm³/mol. The molecule has 0 aliphatic carbocycles. The highest BCUT2D eigenvalue weighted by Gasteiger charge is 2.26. The van der Waals surface area contributed by atoms with Crippen LogP contribution in [0, 0.1) is 0 Å². The molecule has 104 valence electrons. The quantitative estimate of drug-likeness (QED) is 0.919. The van der Waals surface area contributed by atoms with E-state index >= 15 is 0 Å². The molecule has 1 aromatic rings. The van der Waals surface area contributed by atoms with Gasteiger partial charge >= 0.3 is 12.0 Å². The van der Waals surface area contributed by atoms with Crippen molar-refractivity contribution >= 4 is 23.3 Å². The standard InChI is InChI=1S/C13H18N2O3S/c1-2-5-14(9-12(16)17)13(18)15-6-3-11-10(8-15)4-7-19-11/h4,7H,2-3,5-6,8-9H2,1H3,(H,16,17). The fourth-order valence-electron chi connectivity index (χ4n) is 2.29. The van der Waals surface area contributed by atoms with Crippen LogP contribution in [-0.2, 0) is 17.8 Å². The number of carbonyl (C=O) groups is 2. The van der Waals surface area contributed by atoms with Crippen molar-refractivity contribution in [1.29, 1.82) is 0 Å². The molecule has 2 amide bonds. The molecule has 0 saturated carbocycles. The van der Waals surface area contributed by atoms with Gasteiger partial charge in [-0.05, 0) is 29.9 Å². The van der Waals surface area contributed by atoms with Crippen LogP contribution in [0.1, 0.15) is 23.8 Å². The van der Waals surface area contributed by atoms with Gasteiger partial charge in [0.1, 0.15) is 6.54 Å². The minimum absolute atomic E-state index is 0.166. The number of fused-ring (bicyclic) bond motifs is 1. The van der Waals surface area contributed by atoms with Gasteiger partial charge in [0.15, 0.2) is 0 Å². The van der Waals surface area contributed by atoms with E-state index in [9.17, 15) is 9.59 Å². The number of nitrogens with zero attached hydrogens (tertiary/aromatic N) is 2. The fourth-order valence-corrected chi connectivity index (χ4v) is 3.18. The number of aliphatic carboxylic acids is 1. The fraction of sp³-hybridized carbons (Fsp3) is 0.538. The number of rotatable bonds is 4. The second kappa shape index (κ2) is 6.06. The molecular weight excluding hydrogens is 264 g/mol. The van der Waals surface area contributed by atoms with Crippen molar-refractivity contribution in [2.24, 2.45) is 0 Å². The summed E-state index contributed by atoms with van der Waals surface area (Å²) < 4.78 is 0. The number of carboxylic acids is 1. The number of carboxylic acid groups (broad SMARTS) is 1. The molecule has 2 heterocycles. The maximum atomic E-state index is 12.3. The van der Waals surface area contributed by atoms with E-state index in [0.29, 0.717) is 19.6 Å². The predicted octanol–water partition coefficient (Wildman–Crippen LogP) is 2.02. The zero-order valence-electron chi connectivity index (χ0n) is 11.0. The van der Waals surface area contributed by atoms with Gasteiger partial charge in [0, 0.05) is 24.5 Å². The topological polar surface area (TPSA) is 60.9 Å². The molecule has 0 saturated heterocycles. The second-order valence-electron chi connectivity index (χ2n) is 4.64. The Labute approximate surface area is 116 Å². The molecule has 0 unspecified atom stereocenters. The van der Waals surface area contributed by atoms with Crippen LogP contribution in [0.25, 0.3) is 0 Å². The minimum atomic E-state index is -0.963. The summed E-state index contributed by atoms with van der Waals surface area (Å²) in [5, 5.41) is 10.9. The van der Waals surface area contributed by atoms with Gasteiger partial charge in [-0.15, -0.1) is 11.3 Å². The highest BCUT2D eigenvalue weighted by Crippen LogP contribution is 2.24. The van der Waals surface area contributed by atoms with Crippen molar-refractivity contribution in [2.45, 2.75) is 26.3 Å². The molecule has 1 aliphatic rings. The molecule has 0 spiro atoms. The molecule has 5 nitrogen and oxygen atoms in total. The van der Waals surface area contributed by atoms with Crippen LogP contribution in [-0.4, -0.2) is 46.5 Å². The van der Waals surface area contributed by atoms with Crippen LogP contribution >= 0.6 is 11.3 Å². The molecule has 0 radical (unpaired) electrons. The summed E-state index contributed by atoms with van der Waals surface area (Å²) in [5.41, 5.74) is 1.19. The molecule has 1 aromatic heterocycles. The van der Waals surface area contributed by atoms with E-state index in [1.165, 1.54) is 15.3 Å². The van der Waals surface area contributed by atoms with Gasteiger partial charge in [-0.1, -0.05) is 6.92 Å². The minimum Gasteiger partial charge on any atom is -0.480 e. The third-order valence-electron chi connectivity index (χ3n) is 3.17. The molecule has 19 heavy (non-hydrogen) atoms. The lowest BCUT2D eigenvalue weighted by molar-refractivity contribution is -0.137. The van der Waals surface area contributed by atoms with E-state index in [-0.39, 0.29) is 12.6 Å². The summed E-state index contributed by atoms with van der Waals surface area (Å²) in [6.45, 7) is 3.47. The van der Waals surface area contributed by atoms with Gasteiger partial charge in [0.2, 0.25) is 0 Å². The molecule has 1 aliphatic heterocycles. The Morgan fingerprint density at radius 3 is 3.00 bits per heavy atom. The lowest BCUT2D eigenvalue weighted by atomic mass is 10.1. The Kier molecular flexibility index (Phi) is 4.42. The van der Waals surface area contributed by atoms with E-state index in [0.717, 1.165) is 12.8 Å². The maximum absolute atomic E-state index is 12.3. The first-order chi connectivity index (χ1) is 9.11. The average Bonchev–Trinajstić information content (AvgIpc) is 2.84. The third-order valence-corrected chi connectivity index (χ3v) is 4.19. The Hall–Kier alpha value is -1.56. The molecule has 0 aromatic carbocycles. The SMILES string of the molecule is CCCN(CC(=O)O)C(=O)N1CCc2sccc2C1. The number of carbonyl (C=O) groups excluding carboxylic acids is 1. The molecule has 0 atom stereocenters. The van der Waals surface area contributed by atoms with Gasteiger partial charge < -0.3 is 14.9 Å². The van der Waals surface area contributed by atoms with Gasteiger partial charge in [-0.25, -0.2) is 4.79 Å². The first kappa shape index (κ1) is 13.9. The maximum Gasteiger partial charge on any atom is 0.323 e. The Morgan fingerprint density at radius 2 is 2.32 bits per heavy atom. The van der Waals surface area contributed by atoms with Gasteiger partial charge in [-0.3, -0.25) is 4.79 Å². The molecule has 1 N–H and O–H groups in total. The van der Waals surface area contributed by atoms with Gasteiger partial charge in [-0.2, -0.15) is 0 Å². The first-order valence-corrected chi connectivity index (χ1v) is 7.30. The summed E-state index contributed by atoms with van der Waals surface area (Å²) in [4.78, 5) is 27.7. The Balaban J connectivity index is 2.04. The van der Waals surface area contributed by atoms with Crippen molar-refractivity contribution in [1.82, 2.24) is 9.80 Å². The van der Waals surface area contributed by atoms with Crippen LogP contribution in [0.4, 0.5) is 4.79 Å². The summed E-state index contributed by atoms with van der Waals surface area (Å²) >= 11 is 1.72.